The molecule has 19 heavy (non-hydrogen) atoms. The van der Waals surface area contributed by atoms with E-state index in [0.29, 0.717) is 16.8 Å². The third kappa shape index (κ3) is 3.75. The van der Waals surface area contributed by atoms with Crippen molar-refractivity contribution < 1.29 is 9.47 Å². The molecule has 0 saturated carbocycles. The average molecular weight is 297 g/mol. The highest BCUT2D eigenvalue weighted by atomic mass is 35.5. The minimum Gasteiger partial charge on any atom is -0.490 e. The van der Waals surface area contributed by atoms with Gasteiger partial charge in [0, 0.05) is 10.8 Å². The highest BCUT2D eigenvalue weighted by Gasteiger charge is 2.08. The Morgan fingerprint density at radius 3 is 2.53 bits per heavy atom. The predicted octanol–water partition coefficient (Wildman–Crippen LogP) is 3.44. The lowest BCUT2D eigenvalue weighted by atomic mass is 10.2. The van der Waals surface area contributed by atoms with E-state index in [2.05, 4.69) is 9.97 Å². The maximum absolute atomic E-state index is 5.84. The Kier molecular flexibility index (Phi) is 4.87. The fraction of sp³-hybridized carbons (Fsp3) is 0.231. The average Bonchev–Trinajstić information content (AvgIpc) is 2.46. The quantitative estimate of drug-likeness (QED) is 0.625. The molecule has 2 rings (SSSR count). The summed E-state index contributed by atoms with van der Waals surface area (Å²) in [6.07, 6.45) is 1.61. The Hall–Kier alpha value is -1.46. The van der Waals surface area contributed by atoms with Crippen molar-refractivity contribution >= 4 is 23.4 Å². The van der Waals surface area contributed by atoms with Crippen molar-refractivity contribution in [3.63, 3.8) is 0 Å². The first-order valence-electron chi connectivity index (χ1n) is 5.55. The van der Waals surface area contributed by atoms with Crippen LogP contribution in [0.1, 0.15) is 5.56 Å². The largest absolute Gasteiger partial charge is 0.490 e. The van der Waals surface area contributed by atoms with Gasteiger partial charge in [-0.3, -0.25) is 0 Å². The number of benzene rings is 1. The van der Waals surface area contributed by atoms with Crippen LogP contribution in [0.4, 0.5) is 0 Å². The molecule has 0 unspecified atom stereocenters. The van der Waals surface area contributed by atoms with Gasteiger partial charge in [-0.2, -0.15) is 4.98 Å². The number of hydrogen-bond donors (Lipinski definition) is 0. The van der Waals surface area contributed by atoms with Gasteiger partial charge >= 0.3 is 0 Å². The van der Waals surface area contributed by atoms with Crippen molar-refractivity contribution in [2.75, 3.05) is 14.2 Å². The van der Waals surface area contributed by atoms with Crippen molar-refractivity contribution in [1.82, 2.24) is 9.97 Å². The summed E-state index contributed by atoms with van der Waals surface area (Å²) in [6, 6.07) is 7.70. The Morgan fingerprint density at radius 2 is 1.89 bits per heavy atom. The van der Waals surface area contributed by atoms with Crippen LogP contribution in [0.2, 0.25) is 5.02 Å². The van der Waals surface area contributed by atoms with E-state index < -0.39 is 0 Å². The first-order chi connectivity index (χ1) is 9.22. The van der Waals surface area contributed by atoms with E-state index in [0.717, 1.165) is 16.3 Å². The third-order valence-electron chi connectivity index (χ3n) is 2.39. The molecule has 0 aliphatic rings. The Bertz CT molecular complexity index is 549. The molecule has 0 spiro atoms. The molecule has 0 atom stereocenters. The molecule has 1 aromatic heterocycles. The molecule has 0 aliphatic carbocycles. The maximum Gasteiger partial charge on any atom is 0.260 e. The predicted molar refractivity (Wildman–Crippen MR) is 76.1 cm³/mol. The van der Waals surface area contributed by atoms with Crippen LogP contribution >= 0.6 is 23.4 Å². The van der Waals surface area contributed by atoms with Gasteiger partial charge in [-0.1, -0.05) is 35.5 Å². The number of halogens is 1. The highest BCUT2D eigenvalue weighted by molar-refractivity contribution is 7.98. The standard InChI is InChI=1S/C13H13ClN2O2S/c1-17-11-7-15-13(16-12(11)18-2)19-8-9-3-5-10(14)6-4-9/h3-7H,8H2,1-2H3. The molecule has 0 saturated heterocycles. The van der Waals surface area contributed by atoms with Crippen LogP contribution in [0.25, 0.3) is 0 Å². The lowest BCUT2D eigenvalue weighted by Crippen LogP contribution is -1.96. The number of methoxy groups -OCH3 is 2. The number of nitrogens with zero attached hydrogens (tertiary/aromatic N) is 2. The molecule has 1 aromatic carbocycles. The SMILES string of the molecule is COc1cnc(SCc2ccc(Cl)cc2)nc1OC. The summed E-state index contributed by atoms with van der Waals surface area (Å²) in [5, 5.41) is 1.38. The van der Waals surface area contributed by atoms with Crippen LogP contribution in [-0.2, 0) is 5.75 Å². The van der Waals surface area contributed by atoms with Crippen LogP contribution in [0.15, 0.2) is 35.6 Å². The molecule has 0 radical (unpaired) electrons. The molecule has 4 nitrogen and oxygen atoms in total. The van der Waals surface area contributed by atoms with E-state index in [9.17, 15) is 0 Å². The smallest absolute Gasteiger partial charge is 0.260 e. The van der Waals surface area contributed by atoms with Crippen LogP contribution in [-0.4, -0.2) is 24.2 Å². The van der Waals surface area contributed by atoms with Crippen molar-refractivity contribution in [3.05, 3.63) is 41.0 Å². The van der Waals surface area contributed by atoms with Gasteiger partial charge in [-0.05, 0) is 17.7 Å². The van der Waals surface area contributed by atoms with E-state index in [1.807, 2.05) is 24.3 Å². The number of aromatic nitrogens is 2. The minimum atomic E-state index is 0.441. The van der Waals surface area contributed by atoms with Crippen molar-refractivity contribution in [1.29, 1.82) is 0 Å². The van der Waals surface area contributed by atoms with E-state index in [1.165, 1.54) is 11.8 Å². The maximum atomic E-state index is 5.84. The van der Waals surface area contributed by atoms with Gasteiger partial charge in [0.2, 0.25) is 0 Å². The number of rotatable bonds is 5. The molecule has 0 N–H and O–H groups in total. The van der Waals surface area contributed by atoms with Gasteiger partial charge in [0.05, 0.1) is 20.4 Å². The summed E-state index contributed by atoms with van der Waals surface area (Å²) >= 11 is 7.37. The van der Waals surface area contributed by atoms with Crippen LogP contribution in [0.5, 0.6) is 11.6 Å². The molecular weight excluding hydrogens is 284 g/mol. The Labute approximate surface area is 121 Å². The van der Waals surface area contributed by atoms with E-state index in [4.69, 9.17) is 21.1 Å². The van der Waals surface area contributed by atoms with Gasteiger partial charge in [-0.15, -0.1) is 0 Å². The first kappa shape index (κ1) is 14.0. The number of hydrogen-bond acceptors (Lipinski definition) is 5. The minimum absolute atomic E-state index is 0.441. The zero-order valence-corrected chi connectivity index (χ0v) is 12.2. The molecule has 6 heteroatoms. The lowest BCUT2D eigenvalue weighted by Gasteiger charge is -2.07. The van der Waals surface area contributed by atoms with Gasteiger partial charge in [0.25, 0.3) is 5.88 Å². The summed E-state index contributed by atoms with van der Waals surface area (Å²) in [5.41, 5.74) is 1.16. The second-order valence-corrected chi connectivity index (χ2v) is 5.02. The van der Waals surface area contributed by atoms with Crippen LogP contribution in [0.3, 0.4) is 0 Å². The Morgan fingerprint density at radius 1 is 1.16 bits per heavy atom. The third-order valence-corrected chi connectivity index (χ3v) is 3.58. The second-order valence-electron chi connectivity index (χ2n) is 3.65. The molecule has 0 bridgehead atoms. The topological polar surface area (TPSA) is 44.2 Å². The zero-order chi connectivity index (χ0) is 13.7. The zero-order valence-electron chi connectivity index (χ0n) is 10.6. The summed E-state index contributed by atoms with van der Waals surface area (Å²) in [6.45, 7) is 0. The van der Waals surface area contributed by atoms with Gasteiger partial charge in [-0.25, -0.2) is 4.98 Å². The molecule has 0 amide bonds. The molecule has 0 aliphatic heterocycles. The summed E-state index contributed by atoms with van der Waals surface area (Å²) in [5.74, 6) is 1.74. The van der Waals surface area contributed by atoms with E-state index in [-0.39, 0.29) is 0 Å². The van der Waals surface area contributed by atoms with Crippen LogP contribution < -0.4 is 9.47 Å². The fourth-order valence-corrected chi connectivity index (χ4v) is 2.31. The van der Waals surface area contributed by atoms with Crippen molar-refractivity contribution in [3.8, 4) is 11.6 Å². The molecule has 0 fully saturated rings. The van der Waals surface area contributed by atoms with Gasteiger partial charge in [0.15, 0.2) is 10.9 Å². The molecule has 1 heterocycles. The first-order valence-corrected chi connectivity index (χ1v) is 6.91. The molecule has 100 valence electrons. The fourth-order valence-electron chi connectivity index (χ4n) is 1.42. The second kappa shape index (κ2) is 6.63. The van der Waals surface area contributed by atoms with E-state index in [1.54, 1.807) is 20.4 Å². The Balaban J connectivity index is 2.05. The van der Waals surface area contributed by atoms with Crippen molar-refractivity contribution in [2.24, 2.45) is 0 Å². The molecular formula is C13H13ClN2O2S. The summed E-state index contributed by atoms with van der Waals surface area (Å²) in [7, 11) is 3.11. The van der Waals surface area contributed by atoms with Gasteiger partial charge in [0.1, 0.15) is 0 Å². The number of ether oxygens (including phenoxy) is 2. The monoisotopic (exact) mass is 296 g/mol. The van der Waals surface area contributed by atoms with E-state index >= 15 is 0 Å². The van der Waals surface area contributed by atoms with Gasteiger partial charge < -0.3 is 9.47 Å². The lowest BCUT2D eigenvalue weighted by molar-refractivity contribution is 0.337. The number of thioether (sulfide) groups is 1. The summed E-state index contributed by atoms with van der Waals surface area (Å²) < 4.78 is 10.2. The molecule has 2 aromatic rings. The van der Waals surface area contributed by atoms with Crippen LogP contribution in [0, 0.1) is 0 Å². The normalized spacial score (nSPS) is 10.3. The van der Waals surface area contributed by atoms with Crippen molar-refractivity contribution in [2.45, 2.75) is 10.9 Å². The summed E-state index contributed by atoms with van der Waals surface area (Å²) in [4.78, 5) is 8.48. The highest BCUT2D eigenvalue weighted by Crippen LogP contribution is 2.27.